The molecule has 2 aromatic carbocycles. The van der Waals surface area contributed by atoms with Crippen LogP contribution in [0.5, 0.6) is 11.5 Å². The quantitative estimate of drug-likeness (QED) is 0.476. The van der Waals surface area contributed by atoms with Crippen molar-refractivity contribution in [3.63, 3.8) is 0 Å². The van der Waals surface area contributed by atoms with Gasteiger partial charge in [-0.1, -0.05) is 6.07 Å². The lowest BCUT2D eigenvalue weighted by Gasteiger charge is -2.23. The van der Waals surface area contributed by atoms with Crippen LogP contribution < -0.4 is 19.9 Å². The van der Waals surface area contributed by atoms with Gasteiger partial charge in [0, 0.05) is 40.6 Å². The summed E-state index contributed by atoms with van der Waals surface area (Å²) in [4.78, 5) is 34.7. The maximum Gasteiger partial charge on any atom is 0.260 e. The third-order valence-corrected chi connectivity index (χ3v) is 5.05. The molecule has 1 N–H and O–H groups in total. The number of pyridine rings is 2. The lowest BCUT2D eigenvalue weighted by molar-refractivity contribution is 0.0984. The summed E-state index contributed by atoms with van der Waals surface area (Å²) in [6, 6.07) is 17.9. The number of methoxy groups -OCH3 is 1. The van der Waals surface area contributed by atoms with Crippen LogP contribution in [0.15, 0.2) is 77.9 Å². The summed E-state index contributed by atoms with van der Waals surface area (Å²) in [5.41, 5.74) is 1.93. The van der Waals surface area contributed by atoms with Crippen LogP contribution in [0.1, 0.15) is 22.8 Å². The molecule has 162 valence electrons. The molecule has 0 fully saturated rings. The molecule has 0 bridgehead atoms. The maximum absolute atomic E-state index is 13.4. The number of nitrogens with zero attached hydrogens (tertiary/aromatic N) is 2. The van der Waals surface area contributed by atoms with Crippen molar-refractivity contribution in [2.45, 2.75) is 13.5 Å². The number of carbonyl (C=O) groups is 1. The van der Waals surface area contributed by atoms with E-state index in [2.05, 4.69) is 9.97 Å². The molecule has 4 rings (SSSR count). The van der Waals surface area contributed by atoms with Crippen molar-refractivity contribution in [3.8, 4) is 11.5 Å². The van der Waals surface area contributed by atoms with E-state index in [1.165, 1.54) is 6.20 Å². The summed E-state index contributed by atoms with van der Waals surface area (Å²) in [6.45, 7) is 2.54. The normalized spacial score (nSPS) is 10.7. The summed E-state index contributed by atoms with van der Waals surface area (Å²) < 4.78 is 10.9. The van der Waals surface area contributed by atoms with Gasteiger partial charge in [-0.2, -0.15) is 0 Å². The monoisotopic (exact) mass is 429 g/mol. The van der Waals surface area contributed by atoms with Crippen LogP contribution in [0.4, 0.5) is 5.69 Å². The average Bonchev–Trinajstić information content (AvgIpc) is 2.83. The van der Waals surface area contributed by atoms with Crippen LogP contribution >= 0.6 is 0 Å². The molecule has 7 nitrogen and oxygen atoms in total. The van der Waals surface area contributed by atoms with Gasteiger partial charge in [-0.15, -0.1) is 0 Å². The summed E-state index contributed by atoms with van der Waals surface area (Å²) in [7, 11) is 1.57. The Morgan fingerprint density at radius 2 is 1.94 bits per heavy atom. The number of benzene rings is 2. The standard InChI is InChI=1S/C25H23N3O4/c1-3-32-22-9-10-23-18(13-22)12-19(24(29)27-23)16-28(20-7-4-8-21(14-20)31-2)25(30)17-6-5-11-26-15-17/h4-15H,3,16H2,1-2H3,(H,27,29). The third-order valence-electron chi connectivity index (χ3n) is 5.05. The van der Waals surface area contributed by atoms with Crippen molar-refractivity contribution in [3.05, 3.63) is 94.5 Å². The minimum Gasteiger partial charge on any atom is -0.497 e. The first kappa shape index (κ1) is 21.1. The Hall–Kier alpha value is -4.13. The molecule has 0 radical (unpaired) electrons. The molecule has 1 amide bonds. The molecule has 0 aliphatic heterocycles. The summed E-state index contributed by atoms with van der Waals surface area (Å²) in [5, 5.41) is 0.824. The number of anilines is 1. The fraction of sp³-hybridized carbons (Fsp3) is 0.160. The van der Waals surface area contributed by atoms with E-state index in [-0.39, 0.29) is 18.0 Å². The largest absolute Gasteiger partial charge is 0.497 e. The molecular weight excluding hydrogens is 406 g/mol. The SMILES string of the molecule is CCOc1ccc2[nH]c(=O)c(CN(C(=O)c3cccnc3)c3cccc(OC)c3)cc2c1. The molecule has 0 aliphatic rings. The van der Waals surface area contributed by atoms with Gasteiger partial charge in [-0.25, -0.2) is 0 Å². The van der Waals surface area contributed by atoms with Crippen molar-refractivity contribution >= 4 is 22.5 Å². The van der Waals surface area contributed by atoms with Gasteiger partial charge in [0.2, 0.25) is 0 Å². The number of hydrogen-bond donors (Lipinski definition) is 1. The van der Waals surface area contributed by atoms with Crippen molar-refractivity contribution in [2.24, 2.45) is 0 Å². The topological polar surface area (TPSA) is 84.5 Å². The Morgan fingerprint density at radius 1 is 1.06 bits per heavy atom. The number of aromatic amines is 1. The van der Waals surface area contributed by atoms with E-state index < -0.39 is 0 Å². The highest BCUT2D eigenvalue weighted by Crippen LogP contribution is 2.25. The second kappa shape index (κ2) is 9.34. The lowest BCUT2D eigenvalue weighted by atomic mass is 10.1. The highest BCUT2D eigenvalue weighted by Gasteiger charge is 2.20. The van der Waals surface area contributed by atoms with Gasteiger partial charge in [0.05, 0.1) is 25.8 Å². The predicted molar refractivity (Wildman–Crippen MR) is 123 cm³/mol. The van der Waals surface area contributed by atoms with Gasteiger partial charge in [-0.05, 0) is 55.5 Å². The molecule has 0 saturated heterocycles. The third kappa shape index (κ3) is 4.46. The molecule has 2 aromatic heterocycles. The Bertz CT molecular complexity index is 1300. The molecule has 2 heterocycles. The number of amides is 1. The second-order valence-corrected chi connectivity index (χ2v) is 7.14. The zero-order valence-electron chi connectivity index (χ0n) is 17.9. The first-order chi connectivity index (χ1) is 15.6. The van der Waals surface area contributed by atoms with Crippen LogP contribution in [0.25, 0.3) is 10.9 Å². The number of H-pyrrole nitrogens is 1. The Balaban J connectivity index is 1.77. The summed E-state index contributed by atoms with van der Waals surface area (Å²) in [6.07, 6.45) is 3.12. The van der Waals surface area contributed by atoms with Gasteiger partial charge >= 0.3 is 0 Å². The maximum atomic E-state index is 13.4. The molecule has 32 heavy (non-hydrogen) atoms. The van der Waals surface area contributed by atoms with E-state index in [9.17, 15) is 9.59 Å². The van der Waals surface area contributed by atoms with Gasteiger partial charge in [0.1, 0.15) is 11.5 Å². The van der Waals surface area contributed by atoms with Crippen LogP contribution in [-0.2, 0) is 6.54 Å². The van der Waals surface area contributed by atoms with Gasteiger partial charge in [0.25, 0.3) is 11.5 Å². The zero-order chi connectivity index (χ0) is 22.5. The fourth-order valence-electron chi connectivity index (χ4n) is 3.48. The summed E-state index contributed by atoms with van der Waals surface area (Å²) >= 11 is 0. The molecule has 0 atom stereocenters. The highest BCUT2D eigenvalue weighted by atomic mass is 16.5. The van der Waals surface area contributed by atoms with Gasteiger partial charge in [0.15, 0.2) is 0 Å². The number of carbonyl (C=O) groups excluding carboxylic acids is 1. The first-order valence-corrected chi connectivity index (χ1v) is 10.2. The summed E-state index contributed by atoms with van der Waals surface area (Å²) in [5.74, 6) is 1.06. The van der Waals surface area contributed by atoms with Crippen LogP contribution in [0.2, 0.25) is 0 Å². The number of nitrogens with one attached hydrogen (secondary N) is 1. The highest BCUT2D eigenvalue weighted by molar-refractivity contribution is 6.06. The van der Waals surface area contributed by atoms with Gasteiger partial charge in [-0.3, -0.25) is 14.6 Å². The van der Waals surface area contributed by atoms with E-state index in [1.54, 1.807) is 60.7 Å². The predicted octanol–water partition coefficient (Wildman–Crippen LogP) is 4.18. The molecule has 7 heteroatoms. The smallest absolute Gasteiger partial charge is 0.260 e. The van der Waals surface area contributed by atoms with E-state index >= 15 is 0 Å². The zero-order valence-corrected chi connectivity index (χ0v) is 17.9. The number of ether oxygens (including phenoxy) is 2. The molecule has 0 unspecified atom stereocenters. The number of aromatic nitrogens is 2. The Labute approximate surface area is 185 Å². The molecule has 0 saturated carbocycles. The van der Waals surface area contributed by atoms with Crippen LogP contribution in [0, 0.1) is 0 Å². The van der Waals surface area contributed by atoms with Crippen molar-refractivity contribution in [2.75, 3.05) is 18.6 Å². The number of rotatable bonds is 7. The minimum atomic E-state index is -0.270. The number of hydrogen-bond acceptors (Lipinski definition) is 5. The number of fused-ring (bicyclic) bond motifs is 1. The second-order valence-electron chi connectivity index (χ2n) is 7.14. The lowest BCUT2D eigenvalue weighted by Crippen LogP contribution is -2.33. The molecule has 4 aromatic rings. The Kier molecular flexibility index (Phi) is 6.17. The first-order valence-electron chi connectivity index (χ1n) is 10.2. The molecule has 0 aliphatic carbocycles. The van der Waals surface area contributed by atoms with Crippen molar-refractivity contribution in [1.29, 1.82) is 0 Å². The average molecular weight is 429 g/mol. The minimum absolute atomic E-state index is 0.0744. The van der Waals surface area contributed by atoms with Crippen LogP contribution in [-0.4, -0.2) is 29.6 Å². The Morgan fingerprint density at radius 3 is 2.69 bits per heavy atom. The van der Waals surface area contributed by atoms with Crippen molar-refractivity contribution in [1.82, 2.24) is 9.97 Å². The van der Waals surface area contributed by atoms with E-state index in [0.717, 1.165) is 5.39 Å². The van der Waals surface area contributed by atoms with Crippen LogP contribution in [0.3, 0.4) is 0 Å². The van der Waals surface area contributed by atoms with E-state index in [0.29, 0.717) is 40.4 Å². The molecule has 0 spiro atoms. The van der Waals surface area contributed by atoms with Gasteiger partial charge < -0.3 is 19.4 Å². The fourth-order valence-corrected chi connectivity index (χ4v) is 3.48. The van der Waals surface area contributed by atoms with E-state index in [1.807, 2.05) is 25.1 Å². The molecular formula is C25H23N3O4. The van der Waals surface area contributed by atoms with E-state index in [4.69, 9.17) is 9.47 Å². The van der Waals surface area contributed by atoms with Crippen molar-refractivity contribution < 1.29 is 14.3 Å².